The molecule has 1 aliphatic rings. The van der Waals surface area contributed by atoms with E-state index in [2.05, 4.69) is 12.2 Å². The minimum Gasteiger partial charge on any atom is -0.365 e. The van der Waals surface area contributed by atoms with E-state index in [-0.39, 0.29) is 11.9 Å². The smallest absolute Gasteiger partial charge is 0.146 e. The normalized spacial score (nSPS) is 17.6. The number of nitrogens with zero attached hydrogens (tertiary/aromatic N) is 1. The van der Waals surface area contributed by atoms with Crippen molar-refractivity contribution in [2.45, 2.75) is 19.4 Å². The van der Waals surface area contributed by atoms with E-state index in [1.165, 1.54) is 6.07 Å². The van der Waals surface area contributed by atoms with E-state index in [0.29, 0.717) is 5.69 Å². The van der Waals surface area contributed by atoms with Crippen molar-refractivity contribution < 1.29 is 4.39 Å². The fraction of sp³-hybridized carbons (Fsp3) is 0.385. The third-order valence-electron chi connectivity index (χ3n) is 2.88. The molecular weight excluding hydrogens is 203 g/mol. The largest absolute Gasteiger partial charge is 0.365 e. The standard InChI is InChI=1S/C13H17FN2/c1-10(15)11-6-5-7-12(14)13(11)16-8-3-2-4-9-16/h2-3,5-7,10H,4,8-9,15H2,1H3. The van der Waals surface area contributed by atoms with E-state index < -0.39 is 0 Å². The third-order valence-corrected chi connectivity index (χ3v) is 2.88. The van der Waals surface area contributed by atoms with E-state index in [1.54, 1.807) is 6.07 Å². The second-order valence-electron chi connectivity index (χ2n) is 4.17. The average Bonchev–Trinajstić information content (AvgIpc) is 2.29. The highest BCUT2D eigenvalue weighted by atomic mass is 19.1. The van der Waals surface area contributed by atoms with Gasteiger partial charge in [0, 0.05) is 19.1 Å². The molecule has 1 heterocycles. The van der Waals surface area contributed by atoms with Crippen LogP contribution >= 0.6 is 0 Å². The van der Waals surface area contributed by atoms with E-state index in [9.17, 15) is 4.39 Å². The van der Waals surface area contributed by atoms with Crippen LogP contribution in [0.15, 0.2) is 30.4 Å². The SMILES string of the molecule is CC(N)c1cccc(F)c1N1CC=CCC1. The van der Waals surface area contributed by atoms with Gasteiger partial charge in [0.25, 0.3) is 0 Å². The van der Waals surface area contributed by atoms with Crippen molar-refractivity contribution in [3.63, 3.8) is 0 Å². The molecule has 1 atom stereocenters. The van der Waals surface area contributed by atoms with Crippen LogP contribution in [0, 0.1) is 5.82 Å². The molecule has 0 radical (unpaired) electrons. The Bertz CT molecular complexity index is 399. The van der Waals surface area contributed by atoms with Crippen LogP contribution < -0.4 is 10.6 Å². The van der Waals surface area contributed by atoms with Crippen LogP contribution in [0.4, 0.5) is 10.1 Å². The molecule has 0 fully saturated rings. The summed E-state index contributed by atoms with van der Waals surface area (Å²) in [6.07, 6.45) is 5.16. The van der Waals surface area contributed by atoms with Gasteiger partial charge in [0.1, 0.15) is 5.82 Å². The molecular formula is C13H17FN2. The fourth-order valence-electron chi connectivity index (χ4n) is 2.08. The fourth-order valence-corrected chi connectivity index (χ4v) is 2.08. The zero-order valence-electron chi connectivity index (χ0n) is 9.49. The molecule has 0 saturated heterocycles. The zero-order chi connectivity index (χ0) is 11.5. The predicted octanol–water partition coefficient (Wildman–Crippen LogP) is 2.61. The summed E-state index contributed by atoms with van der Waals surface area (Å²) < 4.78 is 13.9. The van der Waals surface area contributed by atoms with Gasteiger partial charge >= 0.3 is 0 Å². The average molecular weight is 220 g/mol. The summed E-state index contributed by atoms with van der Waals surface area (Å²) in [6.45, 7) is 3.51. The lowest BCUT2D eigenvalue weighted by molar-refractivity contribution is 0.612. The van der Waals surface area contributed by atoms with Gasteiger partial charge in [-0.3, -0.25) is 0 Å². The Morgan fingerprint density at radius 3 is 2.81 bits per heavy atom. The monoisotopic (exact) mass is 220 g/mol. The van der Waals surface area contributed by atoms with Crippen LogP contribution in [-0.2, 0) is 0 Å². The van der Waals surface area contributed by atoms with Crippen molar-refractivity contribution in [2.75, 3.05) is 18.0 Å². The van der Waals surface area contributed by atoms with Gasteiger partial charge in [-0.1, -0.05) is 24.3 Å². The molecule has 1 unspecified atom stereocenters. The first kappa shape index (κ1) is 11.1. The van der Waals surface area contributed by atoms with Crippen LogP contribution in [-0.4, -0.2) is 13.1 Å². The Balaban J connectivity index is 2.41. The molecule has 1 aliphatic heterocycles. The minimum absolute atomic E-state index is 0.142. The number of hydrogen-bond donors (Lipinski definition) is 1. The summed E-state index contributed by atoms with van der Waals surface area (Å²) in [7, 11) is 0. The molecule has 0 spiro atoms. The lowest BCUT2D eigenvalue weighted by Gasteiger charge is -2.29. The number of halogens is 1. The molecule has 2 N–H and O–H groups in total. The Labute approximate surface area is 95.6 Å². The van der Waals surface area contributed by atoms with Gasteiger partial charge in [0.2, 0.25) is 0 Å². The Hall–Kier alpha value is -1.35. The topological polar surface area (TPSA) is 29.3 Å². The summed E-state index contributed by atoms with van der Waals surface area (Å²) in [4.78, 5) is 2.05. The van der Waals surface area contributed by atoms with Crippen LogP contribution in [0.25, 0.3) is 0 Å². The van der Waals surface area contributed by atoms with Crippen LogP contribution in [0.3, 0.4) is 0 Å². The van der Waals surface area contributed by atoms with E-state index >= 15 is 0 Å². The summed E-state index contributed by atoms with van der Waals surface area (Å²) in [5, 5.41) is 0. The number of hydrogen-bond acceptors (Lipinski definition) is 2. The first-order chi connectivity index (χ1) is 7.70. The highest BCUT2D eigenvalue weighted by Gasteiger charge is 2.18. The van der Waals surface area contributed by atoms with Crippen molar-refractivity contribution in [1.82, 2.24) is 0 Å². The molecule has 0 aliphatic carbocycles. The second-order valence-corrected chi connectivity index (χ2v) is 4.17. The summed E-state index contributed by atoms with van der Waals surface area (Å²) in [5.41, 5.74) is 7.43. The summed E-state index contributed by atoms with van der Waals surface area (Å²) >= 11 is 0. The Morgan fingerprint density at radius 1 is 1.38 bits per heavy atom. The van der Waals surface area contributed by atoms with Crippen molar-refractivity contribution in [3.8, 4) is 0 Å². The molecule has 16 heavy (non-hydrogen) atoms. The first-order valence-corrected chi connectivity index (χ1v) is 5.64. The molecule has 86 valence electrons. The molecule has 0 bridgehead atoms. The van der Waals surface area contributed by atoms with Crippen LogP contribution in [0.5, 0.6) is 0 Å². The van der Waals surface area contributed by atoms with Crippen LogP contribution in [0.2, 0.25) is 0 Å². The number of nitrogens with two attached hydrogens (primary N) is 1. The highest BCUT2D eigenvalue weighted by Crippen LogP contribution is 2.29. The Morgan fingerprint density at radius 2 is 2.19 bits per heavy atom. The maximum Gasteiger partial charge on any atom is 0.146 e. The highest BCUT2D eigenvalue weighted by molar-refractivity contribution is 5.57. The van der Waals surface area contributed by atoms with Gasteiger partial charge in [-0.25, -0.2) is 4.39 Å². The van der Waals surface area contributed by atoms with Crippen LogP contribution in [0.1, 0.15) is 24.9 Å². The van der Waals surface area contributed by atoms with Gasteiger partial charge in [-0.05, 0) is 25.0 Å². The molecule has 1 aromatic rings. The quantitative estimate of drug-likeness (QED) is 0.776. The van der Waals surface area contributed by atoms with Crippen molar-refractivity contribution >= 4 is 5.69 Å². The molecule has 0 aromatic heterocycles. The Kier molecular flexibility index (Phi) is 3.25. The second kappa shape index (κ2) is 4.66. The molecule has 1 aromatic carbocycles. The van der Waals surface area contributed by atoms with Gasteiger partial charge in [-0.15, -0.1) is 0 Å². The lowest BCUT2D eigenvalue weighted by Crippen LogP contribution is -2.29. The molecule has 2 nitrogen and oxygen atoms in total. The van der Waals surface area contributed by atoms with E-state index in [1.807, 2.05) is 17.9 Å². The number of benzene rings is 1. The number of anilines is 1. The molecule has 3 heteroatoms. The summed E-state index contributed by atoms with van der Waals surface area (Å²) in [6, 6.07) is 4.98. The van der Waals surface area contributed by atoms with Crippen molar-refractivity contribution in [3.05, 3.63) is 41.7 Å². The van der Waals surface area contributed by atoms with Crippen molar-refractivity contribution in [1.29, 1.82) is 0 Å². The first-order valence-electron chi connectivity index (χ1n) is 5.64. The predicted molar refractivity (Wildman–Crippen MR) is 65.0 cm³/mol. The van der Waals surface area contributed by atoms with Crippen molar-refractivity contribution in [2.24, 2.45) is 5.73 Å². The van der Waals surface area contributed by atoms with E-state index in [4.69, 9.17) is 5.73 Å². The van der Waals surface area contributed by atoms with Gasteiger partial charge < -0.3 is 10.6 Å². The van der Waals surface area contributed by atoms with Gasteiger partial charge in [0.05, 0.1) is 5.69 Å². The van der Waals surface area contributed by atoms with E-state index in [0.717, 1.165) is 25.1 Å². The lowest BCUT2D eigenvalue weighted by atomic mass is 10.0. The maximum atomic E-state index is 13.9. The number of rotatable bonds is 2. The maximum absolute atomic E-state index is 13.9. The molecule has 0 amide bonds. The molecule has 0 saturated carbocycles. The minimum atomic E-state index is -0.176. The third kappa shape index (κ3) is 2.09. The summed E-state index contributed by atoms with van der Waals surface area (Å²) in [5.74, 6) is -0.176. The zero-order valence-corrected chi connectivity index (χ0v) is 9.49. The van der Waals surface area contributed by atoms with Gasteiger partial charge in [0.15, 0.2) is 0 Å². The molecule has 2 rings (SSSR count). The number of para-hydroxylation sites is 1. The van der Waals surface area contributed by atoms with Gasteiger partial charge in [-0.2, -0.15) is 0 Å².